The van der Waals surface area contributed by atoms with Crippen LogP contribution in [0.5, 0.6) is 11.6 Å². The highest BCUT2D eigenvalue weighted by Crippen LogP contribution is 2.20. The molecule has 2 aromatic rings. The Kier molecular flexibility index (Phi) is 3.34. The summed E-state index contributed by atoms with van der Waals surface area (Å²) in [6.45, 7) is 2.72. The molecular formula is C11H13N5O. The van der Waals surface area contributed by atoms with Crippen LogP contribution in [0.1, 0.15) is 6.92 Å². The van der Waals surface area contributed by atoms with E-state index in [0.29, 0.717) is 17.4 Å². The van der Waals surface area contributed by atoms with Crippen molar-refractivity contribution in [2.24, 2.45) is 0 Å². The van der Waals surface area contributed by atoms with Crippen LogP contribution in [0, 0.1) is 0 Å². The predicted octanol–water partition coefficient (Wildman–Crippen LogP) is 1.68. The number of nitrogen functional groups attached to an aromatic ring is 1. The van der Waals surface area contributed by atoms with Crippen molar-refractivity contribution in [1.29, 1.82) is 0 Å². The van der Waals surface area contributed by atoms with Crippen molar-refractivity contribution in [1.82, 2.24) is 15.0 Å². The molecule has 0 aliphatic rings. The summed E-state index contributed by atoms with van der Waals surface area (Å²) in [4.78, 5) is 12.0. The Balaban J connectivity index is 2.21. The maximum Gasteiger partial charge on any atom is 0.226 e. The van der Waals surface area contributed by atoms with E-state index >= 15 is 0 Å². The molecule has 0 unspecified atom stereocenters. The van der Waals surface area contributed by atoms with Crippen molar-refractivity contribution in [3.63, 3.8) is 0 Å². The van der Waals surface area contributed by atoms with E-state index in [2.05, 4.69) is 20.3 Å². The molecule has 88 valence electrons. The second-order valence-electron chi connectivity index (χ2n) is 3.27. The van der Waals surface area contributed by atoms with Gasteiger partial charge in [-0.3, -0.25) is 4.98 Å². The summed E-state index contributed by atoms with van der Waals surface area (Å²) in [5.74, 6) is 1.80. The largest absolute Gasteiger partial charge is 0.437 e. The molecule has 0 fully saturated rings. The third kappa shape index (κ3) is 3.04. The lowest BCUT2D eigenvalue weighted by molar-refractivity contribution is 0.461. The average Bonchev–Trinajstić information content (AvgIpc) is 2.30. The lowest BCUT2D eigenvalue weighted by Gasteiger charge is -2.07. The number of anilines is 2. The molecule has 2 aromatic heterocycles. The maximum absolute atomic E-state index is 5.59. The van der Waals surface area contributed by atoms with Gasteiger partial charge in [0, 0.05) is 18.8 Å². The van der Waals surface area contributed by atoms with E-state index in [4.69, 9.17) is 10.5 Å². The van der Waals surface area contributed by atoms with Crippen molar-refractivity contribution in [2.45, 2.75) is 6.92 Å². The summed E-state index contributed by atoms with van der Waals surface area (Å²) in [5.41, 5.74) is 5.59. The molecular weight excluding hydrogens is 218 g/mol. The zero-order valence-corrected chi connectivity index (χ0v) is 9.42. The zero-order valence-electron chi connectivity index (χ0n) is 9.42. The molecule has 0 atom stereocenters. The van der Waals surface area contributed by atoms with Crippen LogP contribution >= 0.6 is 0 Å². The van der Waals surface area contributed by atoms with Crippen LogP contribution in [-0.2, 0) is 0 Å². The van der Waals surface area contributed by atoms with Crippen molar-refractivity contribution >= 4 is 11.8 Å². The van der Waals surface area contributed by atoms with E-state index in [9.17, 15) is 0 Å². The molecule has 0 aliphatic carbocycles. The lowest BCUT2D eigenvalue weighted by atomic mass is 10.4. The van der Waals surface area contributed by atoms with Crippen LogP contribution in [-0.4, -0.2) is 21.5 Å². The SMILES string of the molecule is CCNc1cc(Oc2cccnc2)nc(N)n1. The maximum atomic E-state index is 5.59. The molecule has 0 saturated carbocycles. The lowest BCUT2D eigenvalue weighted by Crippen LogP contribution is -2.04. The van der Waals surface area contributed by atoms with Gasteiger partial charge in [0.05, 0.1) is 6.20 Å². The van der Waals surface area contributed by atoms with Gasteiger partial charge in [0.15, 0.2) is 0 Å². The van der Waals surface area contributed by atoms with Crippen LogP contribution < -0.4 is 15.8 Å². The fraction of sp³-hybridized carbons (Fsp3) is 0.182. The molecule has 0 aromatic carbocycles. The minimum Gasteiger partial charge on any atom is -0.437 e. The molecule has 2 heterocycles. The molecule has 0 radical (unpaired) electrons. The standard InChI is InChI=1S/C11H13N5O/c1-2-14-9-6-10(16-11(12)15-9)17-8-4-3-5-13-7-8/h3-7H,2H2,1H3,(H3,12,14,15,16). The van der Waals surface area contributed by atoms with Gasteiger partial charge in [-0.05, 0) is 19.1 Å². The smallest absolute Gasteiger partial charge is 0.226 e. The number of rotatable bonds is 4. The van der Waals surface area contributed by atoms with Crippen LogP contribution in [0.4, 0.5) is 11.8 Å². The highest BCUT2D eigenvalue weighted by atomic mass is 16.5. The Morgan fingerprint density at radius 1 is 1.41 bits per heavy atom. The Bertz CT molecular complexity index is 488. The summed E-state index contributed by atoms with van der Waals surface area (Å²) in [7, 11) is 0. The number of hydrogen-bond acceptors (Lipinski definition) is 6. The van der Waals surface area contributed by atoms with Gasteiger partial charge < -0.3 is 15.8 Å². The second-order valence-corrected chi connectivity index (χ2v) is 3.27. The highest BCUT2D eigenvalue weighted by molar-refractivity contribution is 5.43. The van der Waals surface area contributed by atoms with Crippen molar-refractivity contribution in [3.05, 3.63) is 30.6 Å². The molecule has 0 spiro atoms. The van der Waals surface area contributed by atoms with Crippen LogP contribution in [0.25, 0.3) is 0 Å². The quantitative estimate of drug-likeness (QED) is 0.832. The average molecular weight is 231 g/mol. The second kappa shape index (κ2) is 5.11. The van der Waals surface area contributed by atoms with Crippen LogP contribution in [0.2, 0.25) is 0 Å². The monoisotopic (exact) mass is 231 g/mol. The van der Waals surface area contributed by atoms with E-state index in [-0.39, 0.29) is 5.95 Å². The summed E-state index contributed by atoms with van der Waals surface area (Å²) in [6, 6.07) is 5.26. The number of nitrogens with zero attached hydrogens (tertiary/aromatic N) is 3. The van der Waals surface area contributed by atoms with Gasteiger partial charge in [0.25, 0.3) is 0 Å². The van der Waals surface area contributed by atoms with Crippen LogP contribution in [0.15, 0.2) is 30.6 Å². The van der Waals surface area contributed by atoms with Gasteiger partial charge in [0.1, 0.15) is 11.6 Å². The Labute approximate surface area is 98.9 Å². The Hall–Kier alpha value is -2.37. The number of aromatic nitrogens is 3. The number of nitrogens with one attached hydrogen (secondary N) is 1. The van der Waals surface area contributed by atoms with Gasteiger partial charge in [0.2, 0.25) is 11.8 Å². The minimum atomic E-state index is 0.169. The number of hydrogen-bond donors (Lipinski definition) is 2. The first-order valence-corrected chi connectivity index (χ1v) is 5.24. The molecule has 0 aliphatic heterocycles. The molecule has 6 heteroatoms. The van der Waals surface area contributed by atoms with E-state index in [1.165, 1.54) is 0 Å². The molecule has 2 rings (SSSR count). The van der Waals surface area contributed by atoms with Crippen molar-refractivity contribution in [3.8, 4) is 11.6 Å². The summed E-state index contributed by atoms with van der Waals surface area (Å²) >= 11 is 0. The first-order valence-electron chi connectivity index (χ1n) is 5.24. The highest BCUT2D eigenvalue weighted by Gasteiger charge is 2.03. The molecule has 0 saturated heterocycles. The van der Waals surface area contributed by atoms with Crippen LogP contribution in [0.3, 0.4) is 0 Å². The first-order chi connectivity index (χ1) is 8.28. The van der Waals surface area contributed by atoms with E-state index in [1.54, 1.807) is 30.6 Å². The fourth-order valence-corrected chi connectivity index (χ4v) is 1.29. The predicted molar refractivity (Wildman–Crippen MR) is 64.9 cm³/mol. The third-order valence-electron chi connectivity index (χ3n) is 1.93. The molecule has 17 heavy (non-hydrogen) atoms. The molecule has 3 N–H and O–H groups in total. The normalized spacial score (nSPS) is 9.94. The Morgan fingerprint density at radius 2 is 2.29 bits per heavy atom. The topological polar surface area (TPSA) is 86.0 Å². The van der Waals surface area contributed by atoms with Crippen molar-refractivity contribution < 1.29 is 4.74 Å². The number of pyridine rings is 1. The van der Waals surface area contributed by atoms with Gasteiger partial charge in [-0.15, -0.1) is 0 Å². The molecule has 6 nitrogen and oxygen atoms in total. The molecule has 0 amide bonds. The zero-order chi connectivity index (χ0) is 12.1. The van der Waals surface area contributed by atoms with Gasteiger partial charge >= 0.3 is 0 Å². The van der Waals surface area contributed by atoms with Gasteiger partial charge in [-0.25, -0.2) is 0 Å². The van der Waals surface area contributed by atoms with E-state index in [0.717, 1.165) is 6.54 Å². The fourth-order valence-electron chi connectivity index (χ4n) is 1.29. The summed E-state index contributed by atoms with van der Waals surface area (Å²) < 4.78 is 5.51. The van der Waals surface area contributed by atoms with E-state index in [1.807, 2.05) is 6.92 Å². The first kappa shape index (κ1) is 11.1. The van der Waals surface area contributed by atoms with Gasteiger partial charge in [-0.2, -0.15) is 9.97 Å². The number of ether oxygens (including phenoxy) is 1. The van der Waals surface area contributed by atoms with Gasteiger partial charge in [-0.1, -0.05) is 0 Å². The number of nitrogens with two attached hydrogens (primary N) is 1. The third-order valence-corrected chi connectivity index (χ3v) is 1.93. The minimum absolute atomic E-state index is 0.169. The molecule has 0 bridgehead atoms. The Morgan fingerprint density at radius 3 is 3.00 bits per heavy atom. The van der Waals surface area contributed by atoms with E-state index < -0.39 is 0 Å². The summed E-state index contributed by atoms with van der Waals surface area (Å²) in [5, 5.41) is 3.05. The summed E-state index contributed by atoms with van der Waals surface area (Å²) in [6.07, 6.45) is 3.27. The van der Waals surface area contributed by atoms with Crippen molar-refractivity contribution in [2.75, 3.05) is 17.6 Å².